The first-order valence-electron chi connectivity index (χ1n) is 6.59. The molecular formula is C14H18N2O4. The van der Waals surface area contributed by atoms with Crippen LogP contribution in [0.2, 0.25) is 0 Å². The Labute approximate surface area is 117 Å². The third kappa shape index (κ3) is 4.24. The number of aliphatic carboxylic acids is 1. The molecule has 1 saturated heterocycles. The average molecular weight is 278 g/mol. The Morgan fingerprint density at radius 1 is 1.25 bits per heavy atom. The summed E-state index contributed by atoms with van der Waals surface area (Å²) in [6.45, 7) is 0.526. The molecule has 6 nitrogen and oxygen atoms in total. The monoisotopic (exact) mass is 278 g/mol. The highest BCUT2D eigenvalue weighted by Crippen LogP contribution is 2.19. The summed E-state index contributed by atoms with van der Waals surface area (Å²) in [6, 6.07) is 9.44. The van der Waals surface area contributed by atoms with E-state index in [-0.39, 0.29) is 18.6 Å². The predicted molar refractivity (Wildman–Crippen MR) is 73.5 cm³/mol. The van der Waals surface area contributed by atoms with Crippen LogP contribution in [0.25, 0.3) is 0 Å². The van der Waals surface area contributed by atoms with E-state index in [0.29, 0.717) is 19.4 Å². The lowest BCUT2D eigenvalue weighted by atomic mass is 10.2. The number of benzene rings is 1. The van der Waals surface area contributed by atoms with Gasteiger partial charge < -0.3 is 20.5 Å². The van der Waals surface area contributed by atoms with Crippen molar-refractivity contribution in [3.05, 3.63) is 30.3 Å². The lowest BCUT2D eigenvalue weighted by molar-refractivity contribution is -0.149. The van der Waals surface area contributed by atoms with Gasteiger partial charge in [0, 0.05) is 12.2 Å². The standard InChI is InChI=1S/C14H18N2O4/c17-13(9-15-10-4-2-1-3-5-10)16-8-11-6-7-12(20-11)14(18)19/h1-5,11-12,15H,6-9H2,(H,16,17)(H,18,19). The Morgan fingerprint density at radius 2 is 2.00 bits per heavy atom. The van der Waals surface area contributed by atoms with Crippen LogP contribution in [0.15, 0.2) is 30.3 Å². The molecule has 108 valence electrons. The second-order valence-electron chi connectivity index (χ2n) is 4.69. The zero-order chi connectivity index (χ0) is 14.4. The maximum Gasteiger partial charge on any atom is 0.332 e. The number of carbonyl (C=O) groups excluding carboxylic acids is 1. The third-order valence-electron chi connectivity index (χ3n) is 3.14. The molecule has 0 spiro atoms. The van der Waals surface area contributed by atoms with E-state index in [1.54, 1.807) is 0 Å². The van der Waals surface area contributed by atoms with Gasteiger partial charge >= 0.3 is 5.97 Å². The van der Waals surface area contributed by atoms with Crippen molar-refractivity contribution < 1.29 is 19.4 Å². The van der Waals surface area contributed by atoms with Gasteiger partial charge in [0.2, 0.25) is 5.91 Å². The number of para-hydroxylation sites is 1. The van der Waals surface area contributed by atoms with Crippen LogP contribution >= 0.6 is 0 Å². The number of rotatable bonds is 6. The van der Waals surface area contributed by atoms with Crippen molar-refractivity contribution in [3.63, 3.8) is 0 Å². The van der Waals surface area contributed by atoms with E-state index >= 15 is 0 Å². The molecule has 3 N–H and O–H groups in total. The van der Waals surface area contributed by atoms with Gasteiger partial charge in [0.25, 0.3) is 0 Å². The molecule has 1 fully saturated rings. The van der Waals surface area contributed by atoms with Gasteiger partial charge in [-0.25, -0.2) is 4.79 Å². The van der Waals surface area contributed by atoms with E-state index in [2.05, 4.69) is 10.6 Å². The van der Waals surface area contributed by atoms with Gasteiger partial charge in [-0.05, 0) is 25.0 Å². The van der Waals surface area contributed by atoms with Crippen molar-refractivity contribution in [2.45, 2.75) is 25.0 Å². The molecular weight excluding hydrogens is 260 g/mol. The molecule has 2 rings (SSSR count). The van der Waals surface area contributed by atoms with E-state index in [9.17, 15) is 9.59 Å². The number of hydrogen-bond donors (Lipinski definition) is 3. The Hall–Kier alpha value is -2.08. The minimum atomic E-state index is -0.940. The van der Waals surface area contributed by atoms with Gasteiger partial charge in [-0.2, -0.15) is 0 Å². The highest BCUT2D eigenvalue weighted by molar-refractivity contribution is 5.80. The molecule has 1 aromatic carbocycles. The Bertz CT molecular complexity index is 464. The lowest BCUT2D eigenvalue weighted by Crippen LogP contribution is -2.36. The first-order valence-corrected chi connectivity index (χ1v) is 6.59. The van der Waals surface area contributed by atoms with Crippen molar-refractivity contribution in [1.82, 2.24) is 5.32 Å². The van der Waals surface area contributed by atoms with Gasteiger partial charge in [0.1, 0.15) is 0 Å². The number of ether oxygens (including phenoxy) is 1. The van der Waals surface area contributed by atoms with E-state index in [4.69, 9.17) is 9.84 Å². The van der Waals surface area contributed by atoms with Gasteiger partial charge in [0.05, 0.1) is 12.6 Å². The van der Waals surface area contributed by atoms with Gasteiger partial charge in [-0.1, -0.05) is 18.2 Å². The maximum absolute atomic E-state index is 11.6. The van der Waals surface area contributed by atoms with Crippen LogP contribution < -0.4 is 10.6 Å². The van der Waals surface area contributed by atoms with Crippen LogP contribution in [-0.2, 0) is 14.3 Å². The largest absolute Gasteiger partial charge is 0.479 e. The normalized spacial score (nSPS) is 21.4. The summed E-state index contributed by atoms with van der Waals surface area (Å²) in [6.07, 6.45) is 0.206. The summed E-state index contributed by atoms with van der Waals surface area (Å²) in [5.74, 6) is -1.08. The number of carbonyl (C=O) groups is 2. The highest BCUT2D eigenvalue weighted by Gasteiger charge is 2.30. The molecule has 0 radical (unpaired) electrons. The fraction of sp³-hybridized carbons (Fsp3) is 0.429. The molecule has 1 aliphatic rings. The average Bonchev–Trinajstić information content (AvgIpc) is 2.93. The molecule has 1 heterocycles. The van der Waals surface area contributed by atoms with Crippen molar-refractivity contribution in [2.75, 3.05) is 18.4 Å². The van der Waals surface area contributed by atoms with Crippen LogP contribution in [0.5, 0.6) is 0 Å². The molecule has 0 bridgehead atoms. The van der Waals surface area contributed by atoms with Crippen molar-refractivity contribution in [2.24, 2.45) is 0 Å². The van der Waals surface area contributed by atoms with E-state index in [1.165, 1.54) is 0 Å². The molecule has 1 aliphatic heterocycles. The number of hydrogen-bond acceptors (Lipinski definition) is 4. The molecule has 0 aromatic heterocycles. The molecule has 0 aliphatic carbocycles. The predicted octanol–water partition coefficient (Wildman–Crippen LogP) is 0.847. The number of nitrogens with one attached hydrogen (secondary N) is 2. The Kier molecular flexibility index (Phi) is 4.95. The topological polar surface area (TPSA) is 87.7 Å². The fourth-order valence-corrected chi connectivity index (χ4v) is 2.07. The molecule has 1 amide bonds. The highest BCUT2D eigenvalue weighted by atomic mass is 16.5. The molecule has 20 heavy (non-hydrogen) atoms. The number of carboxylic acid groups (broad SMARTS) is 1. The smallest absolute Gasteiger partial charge is 0.332 e. The quantitative estimate of drug-likeness (QED) is 0.718. The zero-order valence-electron chi connectivity index (χ0n) is 11.0. The molecule has 0 saturated carbocycles. The second-order valence-corrected chi connectivity index (χ2v) is 4.69. The van der Waals surface area contributed by atoms with Gasteiger partial charge in [-0.3, -0.25) is 4.79 Å². The molecule has 6 heteroatoms. The van der Waals surface area contributed by atoms with Crippen molar-refractivity contribution in [1.29, 1.82) is 0 Å². The van der Waals surface area contributed by atoms with E-state index in [0.717, 1.165) is 5.69 Å². The van der Waals surface area contributed by atoms with E-state index < -0.39 is 12.1 Å². The van der Waals surface area contributed by atoms with Gasteiger partial charge in [-0.15, -0.1) is 0 Å². The number of carboxylic acids is 1. The summed E-state index contributed by atoms with van der Waals surface area (Å²) in [5, 5.41) is 14.5. The molecule has 2 unspecified atom stereocenters. The summed E-state index contributed by atoms with van der Waals surface area (Å²) >= 11 is 0. The van der Waals surface area contributed by atoms with Crippen LogP contribution in [0, 0.1) is 0 Å². The molecule has 2 atom stereocenters. The SMILES string of the molecule is O=C(CNc1ccccc1)NCC1CCC(C(=O)O)O1. The lowest BCUT2D eigenvalue weighted by Gasteiger charge is -2.13. The van der Waals surface area contributed by atoms with Crippen molar-refractivity contribution in [3.8, 4) is 0 Å². The van der Waals surface area contributed by atoms with Crippen LogP contribution in [0.3, 0.4) is 0 Å². The number of anilines is 1. The van der Waals surface area contributed by atoms with Crippen LogP contribution in [0.1, 0.15) is 12.8 Å². The fourth-order valence-electron chi connectivity index (χ4n) is 2.07. The summed E-state index contributed by atoms with van der Waals surface area (Å²) in [5.41, 5.74) is 0.880. The Morgan fingerprint density at radius 3 is 2.65 bits per heavy atom. The minimum Gasteiger partial charge on any atom is -0.479 e. The van der Waals surface area contributed by atoms with Crippen LogP contribution in [-0.4, -0.2) is 42.3 Å². The van der Waals surface area contributed by atoms with Crippen molar-refractivity contribution >= 4 is 17.6 Å². The summed E-state index contributed by atoms with van der Waals surface area (Å²) in [7, 11) is 0. The van der Waals surface area contributed by atoms with E-state index in [1.807, 2.05) is 30.3 Å². The minimum absolute atomic E-state index is 0.142. The van der Waals surface area contributed by atoms with Crippen LogP contribution in [0.4, 0.5) is 5.69 Å². The first-order chi connectivity index (χ1) is 9.65. The summed E-state index contributed by atoms with van der Waals surface area (Å²) < 4.78 is 5.30. The zero-order valence-corrected chi connectivity index (χ0v) is 11.0. The first kappa shape index (κ1) is 14.3. The summed E-state index contributed by atoms with van der Waals surface area (Å²) in [4.78, 5) is 22.4. The van der Waals surface area contributed by atoms with Gasteiger partial charge in [0.15, 0.2) is 6.10 Å². The number of amides is 1. The Balaban J connectivity index is 1.65. The second kappa shape index (κ2) is 6.91. The molecule has 1 aromatic rings. The third-order valence-corrected chi connectivity index (χ3v) is 3.14. The maximum atomic E-state index is 11.6.